The summed E-state index contributed by atoms with van der Waals surface area (Å²) in [4.78, 5) is 27.3. The molecule has 4 saturated heterocycles. The SMILES string of the molecule is CC(C)[O][Al]([O]C(C)C)[O]C(C)C.CC1=C2C[C@H]3C(CC=C4C[C@@H](O)CC[C@@]43C)[C@@H]2CC[C@@]2(C1)O[C@@H]1C[C@H](C)CN(CCCl)[C@H]1[C@H]2C.CC1=C2C[C@H]3C(CCC4=CC(=O)CC[C@@]43C)[C@@H]2CC[C@@]2(C1)O[C@@H]1C[C@H](C)CN(CCCl)[C@H]1[C@H]2C.CCC(C)=O. The van der Waals surface area contributed by atoms with Crippen molar-refractivity contribution in [3.63, 3.8) is 0 Å². The largest absolute Gasteiger partial charge is 0.906 e. The summed E-state index contributed by atoms with van der Waals surface area (Å²) in [5.41, 5.74) is 10.5. The minimum atomic E-state index is -1.91. The number of piperidine rings is 2. The zero-order valence-electron chi connectivity index (χ0n) is 56.8. The molecule has 4 heterocycles. The summed E-state index contributed by atoms with van der Waals surface area (Å²) in [7, 11) is 0. The van der Waals surface area contributed by atoms with Crippen molar-refractivity contribution in [2.24, 2.45) is 70.0 Å². The van der Waals surface area contributed by atoms with E-state index in [2.05, 4.69) is 71.3 Å². The molecule has 4 aliphatic heterocycles. The molecule has 86 heavy (non-hydrogen) atoms. The predicted molar refractivity (Wildman–Crippen MR) is 352 cm³/mol. The average Bonchev–Trinajstić information content (AvgIpc) is 1.58. The monoisotopic (exact) mass is 1250 g/mol. The highest BCUT2D eigenvalue weighted by Gasteiger charge is 2.62. The second kappa shape index (κ2) is 28.8. The lowest BCUT2D eigenvalue weighted by Gasteiger charge is -2.49. The van der Waals surface area contributed by atoms with Gasteiger partial charge >= 0.3 is 15.1 Å². The van der Waals surface area contributed by atoms with Crippen molar-refractivity contribution in [1.29, 1.82) is 0 Å². The molecule has 2 spiro atoms. The molecule has 12 rings (SSSR count). The Kier molecular flexibility index (Phi) is 23.2. The molecule has 13 heteroatoms. The number of halogens is 2. The minimum Gasteiger partial charge on any atom is -0.452 e. The zero-order valence-corrected chi connectivity index (χ0v) is 59.4. The summed E-state index contributed by atoms with van der Waals surface area (Å²) >= 11 is 10.6. The van der Waals surface area contributed by atoms with Crippen LogP contribution in [0.15, 0.2) is 45.6 Å². The number of hydrogen-bond acceptors (Lipinski definition) is 10. The Labute approximate surface area is 538 Å². The first-order chi connectivity index (χ1) is 40.7. The van der Waals surface area contributed by atoms with Crippen molar-refractivity contribution in [3.05, 3.63) is 45.6 Å². The highest BCUT2D eigenvalue weighted by molar-refractivity contribution is 6.36. The molecule has 19 atom stereocenters. The van der Waals surface area contributed by atoms with Crippen LogP contribution < -0.4 is 0 Å². The van der Waals surface area contributed by atoms with Crippen LogP contribution in [0.4, 0.5) is 0 Å². The Balaban J connectivity index is 0.000000161. The van der Waals surface area contributed by atoms with Gasteiger partial charge in [0.25, 0.3) is 0 Å². The predicted octanol–water partition coefficient (Wildman–Crippen LogP) is 16.1. The molecule has 8 fully saturated rings. The average molecular weight is 1250 g/mol. The standard InChI is InChI=1S/C30H46ClNO2.C30H44ClNO2.C4H8O.3C3H7O.Al/c2*1-18-13-27-28(32(17-18)12-11-31)20(3)30(34-27)10-8-23-24-6-5-21-14-22(33)7-9-29(21,4)26(24)15-25(23)19(2)16-30;1-3-4(2)5;3*1-3(2)4;/h5,18,20,22-24,26-28,33H,6-17H2,1-4H3;14,18,20,23-24,26-28H,5-13,15-17H2,1-4H3;3H2,1-2H3;3*3H,1-2H3;/q;;;3*-1;+3/t18-,20+,22-,23-,24?,26-,27+,28-,29-,30-;18-,20+,23-,24?,26-,27+,28-,29-,30-;;;;;/m00...../s1. The molecule has 0 radical (unpaired) electrons. The van der Waals surface area contributed by atoms with Crippen LogP contribution in [0.3, 0.4) is 0 Å². The number of fused-ring (bicyclic) bond motifs is 12. The first kappa shape index (κ1) is 69.4. The fourth-order valence-corrected chi connectivity index (χ4v) is 22.5. The highest BCUT2D eigenvalue weighted by atomic mass is 35.5. The lowest BCUT2D eigenvalue weighted by atomic mass is 9.56. The van der Waals surface area contributed by atoms with Crippen molar-refractivity contribution in [3.8, 4) is 0 Å². The number of allylic oxidation sites excluding steroid dienone is 5. The number of ether oxygens (including phenoxy) is 2. The van der Waals surface area contributed by atoms with E-state index in [1.54, 1.807) is 34.8 Å². The van der Waals surface area contributed by atoms with Gasteiger partial charge in [-0.25, -0.2) is 0 Å². The van der Waals surface area contributed by atoms with Crippen LogP contribution in [0.2, 0.25) is 0 Å². The summed E-state index contributed by atoms with van der Waals surface area (Å²) in [5.74, 6) is 9.10. The Bertz CT molecular complexity index is 2470. The number of ketones is 2. The molecule has 0 aromatic rings. The van der Waals surface area contributed by atoms with Crippen LogP contribution in [0.1, 0.15) is 233 Å². The van der Waals surface area contributed by atoms with Gasteiger partial charge in [-0.05, 0) is 236 Å². The van der Waals surface area contributed by atoms with Crippen molar-refractivity contribution in [1.82, 2.24) is 9.80 Å². The number of aliphatic hydroxyl groups is 1. The van der Waals surface area contributed by atoms with Gasteiger partial charge in [-0.2, -0.15) is 0 Å². The van der Waals surface area contributed by atoms with Crippen LogP contribution in [-0.2, 0) is 30.4 Å². The van der Waals surface area contributed by atoms with E-state index in [0.29, 0.717) is 71.5 Å². The van der Waals surface area contributed by atoms with E-state index in [-0.39, 0.29) is 46.8 Å². The quantitative estimate of drug-likeness (QED) is 0.122. The Morgan fingerprint density at radius 2 is 1.15 bits per heavy atom. The van der Waals surface area contributed by atoms with Crippen LogP contribution in [0, 0.1) is 70.0 Å². The highest BCUT2D eigenvalue weighted by Crippen LogP contribution is 2.66. The number of nitrogens with zero attached hydrogens (tertiary/aromatic N) is 2. The molecule has 1 N–H and O–H groups in total. The molecular formula is C73H119AlCl2N2O8. The van der Waals surface area contributed by atoms with E-state index >= 15 is 0 Å². The number of rotatable bonds is 11. The number of carbonyl (C=O) groups is 2. The second-order valence-corrected chi connectivity index (χ2v) is 33.7. The fourth-order valence-electron chi connectivity index (χ4n) is 20.6. The zero-order chi connectivity index (χ0) is 62.4. The third-order valence-corrected chi connectivity index (χ3v) is 27.4. The molecular weight excluding hydrogens is 1130 g/mol. The number of alkyl halides is 2. The Hall–Kier alpha value is -0.908. The molecule has 486 valence electrons. The summed E-state index contributed by atoms with van der Waals surface area (Å²) in [5, 5.41) is 10.3. The molecule has 4 saturated carbocycles. The van der Waals surface area contributed by atoms with E-state index in [0.717, 1.165) is 99.4 Å². The summed E-state index contributed by atoms with van der Waals surface area (Å²) in [6.07, 6.45) is 27.1. The first-order valence-corrected chi connectivity index (χ1v) is 37.6. The maximum atomic E-state index is 12.2. The van der Waals surface area contributed by atoms with E-state index in [1.807, 2.05) is 54.5 Å². The van der Waals surface area contributed by atoms with Gasteiger partial charge in [-0.3, -0.25) is 14.6 Å². The van der Waals surface area contributed by atoms with Gasteiger partial charge in [-0.1, -0.05) is 88.0 Å². The van der Waals surface area contributed by atoms with Gasteiger partial charge in [0.2, 0.25) is 0 Å². The number of hydrogen-bond donors (Lipinski definition) is 1. The topological polar surface area (TPSA) is 107 Å². The number of likely N-dealkylation sites (tertiary alicyclic amines) is 2. The van der Waals surface area contributed by atoms with Crippen molar-refractivity contribution in [2.75, 3.05) is 37.9 Å². The second-order valence-electron chi connectivity index (χ2n) is 31.5. The first-order valence-electron chi connectivity index (χ1n) is 35.1. The maximum Gasteiger partial charge on any atom is 0.906 e. The maximum absolute atomic E-state index is 12.2. The Morgan fingerprint density at radius 1 is 0.686 bits per heavy atom. The molecule has 0 aromatic carbocycles. The smallest absolute Gasteiger partial charge is 0.452 e. The number of Topliss-reactive ketones (excluding diaryl/α,β-unsaturated/α-hetero) is 1. The van der Waals surface area contributed by atoms with Gasteiger partial charge in [-0.15, -0.1) is 23.2 Å². The third-order valence-electron chi connectivity index (χ3n) is 24.8. The van der Waals surface area contributed by atoms with Crippen molar-refractivity contribution < 1.29 is 35.5 Å². The van der Waals surface area contributed by atoms with Crippen molar-refractivity contribution in [2.45, 2.75) is 293 Å². The molecule has 10 nitrogen and oxygen atoms in total. The molecule has 0 bridgehead atoms. The van der Waals surface area contributed by atoms with Gasteiger partial charge in [0.1, 0.15) is 5.78 Å². The van der Waals surface area contributed by atoms with E-state index in [9.17, 15) is 14.7 Å². The van der Waals surface area contributed by atoms with Crippen LogP contribution >= 0.6 is 23.2 Å². The van der Waals surface area contributed by atoms with Crippen LogP contribution in [-0.4, -0.2) is 139 Å². The normalized spacial score (nSPS) is 41.7. The molecule has 0 amide bonds. The molecule has 8 aliphatic carbocycles. The van der Waals surface area contributed by atoms with Gasteiger partial charge in [0.05, 0.1) is 29.5 Å². The number of aliphatic hydroxyl groups excluding tert-OH is 1. The van der Waals surface area contributed by atoms with Crippen LogP contribution in [0.25, 0.3) is 0 Å². The van der Waals surface area contributed by atoms with E-state index in [1.165, 1.54) is 89.3 Å². The van der Waals surface area contributed by atoms with Gasteiger partial charge < -0.3 is 30.7 Å². The summed E-state index contributed by atoms with van der Waals surface area (Å²) in [6.45, 7) is 39.4. The van der Waals surface area contributed by atoms with E-state index in [4.69, 9.17) is 44.0 Å². The van der Waals surface area contributed by atoms with Crippen molar-refractivity contribution >= 4 is 49.9 Å². The molecule has 0 aromatic heterocycles. The minimum absolute atomic E-state index is 0.00175. The summed E-state index contributed by atoms with van der Waals surface area (Å²) in [6, 6.07) is 1.06. The van der Waals surface area contributed by atoms with E-state index < -0.39 is 15.1 Å². The molecule has 2 unspecified atom stereocenters. The molecule has 12 aliphatic rings. The lowest BCUT2D eigenvalue weighted by molar-refractivity contribution is -0.117. The lowest BCUT2D eigenvalue weighted by Crippen LogP contribution is -2.52. The van der Waals surface area contributed by atoms with Gasteiger partial charge in [0.15, 0.2) is 5.78 Å². The number of carbonyl (C=O) groups excluding carboxylic acids is 2. The Morgan fingerprint density at radius 3 is 1.62 bits per heavy atom. The van der Waals surface area contributed by atoms with Gasteiger partial charge in [0, 0.05) is 93.0 Å². The summed E-state index contributed by atoms with van der Waals surface area (Å²) < 4.78 is 31.0. The van der Waals surface area contributed by atoms with Crippen LogP contribution in [0.5, 0.6) is 0 Å². The fraction of sp³-hybridized carbons (Fsp3) is 0.863. The third kappa shape index (κ3) is 14.4.